The van der Waals surface area contributed by atoms with Crippen LogP contribution < -0.4 is 0 Å². The van der Waals surface area contributed by atoms with Crippen molar-refractivity contribution in [2.45, 2.75) is 25.4 Å². The average molecular weight is 194 g/mol. The van der Waals surface area contributed by atoms with Gasteiger partial charge in [-0.2, -0.15) is 0 Å². The Balaban J connectivity index is 2.66. The van der Waals surface area contributed by atoms with E-state index in [0.717, 1.165) is 0 Å². The van der Waals surface area contributed by atoms with Crippen LogP contribution in [0.3, 0.4) is 0 Å². The maximum absolute atomic E-state index is 11.3. The van der Waals surface area contributed by atoms with E-state index in [4.69, 9.17) is 15.9 Å². The Labute approximate surface area is 84.1 Å². The Morgan fingerprint density at radius 2 is 2.14 bits per heavy atom. The molecular weight excluding hydrogens is 180 g/mol. The summed E-state index contributed by atoms with van der Waals surface area (Å²) < 4.78 is 10.4. The van der Waals surface area contributed by atoms with Crippen LogP contribution in [-0.2, 0) is 14.3 Å². The summed E-state index contributed by atoms with van der Waals surface area (Å²) in [4.78, 5) is 11.3. The number of esters is 1. The van der Waals surface area contributed by atoms with Gasteiger partial charge in [-0.1, -0.05) is 12.5 Å². The maximum Gasteiger partial charge on any atom is 0.334 e. The molecule has 0 bridgehead atoms. The average Bonchev–Trinajstić information content (AvgIpc) is 2.19. The molecule has 1 aliphatic rings. The van der Waals surface area contributed by atoms with E-state index in [0.29, 0.717) is 31.6 Å². The van der Waals surface area contributed by atoms with Crippen LogP contribution in [0.4, 0.5) is 0 Å². The Morgan fingerprint density at radius 1 is 1.57 bits per heavy atom. The van der Waals surface area contributed by atoms with Gasteiger partial charge in [0.2, 0.25) is 0 Å². The second kappa shape index (κ2) is 4.30. The molecule has 1 rings (SSSR count). The molecule has 14 heavy (non-hydrogen) atoms. The fourth-order valence-corrected chi connectivity index (χ4v) is 1.24. The van der Waals surface area contributed by atoms with Crippen LogP contribution in [0.1, 0.15) is 19.8 Å². The number of hydrogen-bond donors (Lipinski definition) is 0. The van der Waals surface area contributed by atoms with Gasteiger partial charge in [0.1, 0.15) is 0 Å². The standard InChI is InChI=1S/C11H14O3/c1-4-11(5-7-13-8-6-11)14-10(12)9(2)3/h1H,2,5-8H2,3H3. The van der Waals surface area contributed by atoms with Crippen molar-refractivity contribution in [1.82, 2.24) is 0 Å². The second-order valence-corrected chi connectivity index (χ2v) is 3.42. The lowest BCUT2D eigenvalue weighted by Crippen LogP contribution is -2.39. The van der Waals surface area contributed by atoms with Gasteiger partial charge in [0.25, 0.3) is 0 Å². The van der Waals surface area contributed by atoms with E-state index in [-0.39, 0.29) is 0 Å². The first-order valence-corrected chi connectivity index (χ1v) is 4.54. The van der Waals surface area contributed by atoms with Crippen molar-refractivity contribution in [2.24, 2.45) is 0 Å². The van der Waals surface area contributed by atoms with Gasteiger partial charge < -0.3 is 9.47 Å². The quantitative estimate of drug-likeness (QED) is 0.377. The lowest BCUT2D eigenvalue weighted by Gasteiger charge is -2.31. The monoisotopic (exact) mass is 194 g/mol. The van der Waals surface area contributed by atoms with E-state index in [1.807, 2.05) is 0 Å². The zero-order valence-corrected chi connectivity index (χ0v) is 8.34. The third-order valence-electron chi connectivity index (χ3n) is 2.20. The van der Waals surface area contributed by atoms with Gasteiger partial charge in [-0.3, -0.25) is 0 Å². The number of terminal acetylenes is 1. The van der Waals surface area contributed by atoms with Crippen molar-refractivity contribution < 1.29 is 14.3 Å². The van der Waals surface area contributed by atoms with Gasteiger partial charge in [-0.25, -0.2) is 4.79 Å². The van der Waals surface area contributed by atoms with Gasteiger partial charge in [0.15, 0.2) is 5.60 Å². The van der Waals surface area contributed by atoms with Crippen molar-refractivity contribution in [3.05, 3.63) is 12.2 Å². The topological polar surface area (TPSA) is 35.5 Å². The van der Waals surface area contributed by atoms with Gasteiger partial charge in [0.05, 0.1) is 13.2 Å². The molecule has 1 saturated heterocycles. The predicted molar refractivity (Wildman–Crippen MR) is 52.5 cm³/mol. The van der Waals surface area contributed by atoms with Crippen LogP contribution in [0.5, 0.6) is 0 Å². The Kier molecular flexibility index (Phi) is 3.32. The molecule has 0 saturated carbocycles. The number of hydrogen-bond acceptors (Lipinski definition) is 3. The van der Waals surface area contributed by atoms with Crippen LogP contribution in [0.25, 0.3) is 0 Å². The predicted octanol–water partition coefficient (Wildman–Crippen LogP) is 1.29. The Morgan fingerprint density at radius 3 is 2.57 bits per heavy atom. The largest absolute Gasteiger partial charge is 0.442 e. The summed E-state index contributed by atoms with van der Waals surface area (Å²) in [5, 5.41) is 0. The number of carbonyl (C=O) groups excluding carboxylic acids is 1. The molecule has 1 heterocycles. The van der Waals surface area contributed by atoms with Gasteiger partial charge in [0, 0.05) is 18.4 Å². The third-order valence-corrected chi connectivity index (χ3v) is 2.20. The molecule has 0 aromatic carbocycles. The minimum Gasteiger partial charge on any atom is -0.442 e. The first kappa shape index (κ1) is 10.8. The molecule has 3 heteroatoms. The highest BCUT2D eigenvalue weighted by molar-refractivity contribution is 5.87. The number of carbonyl (C=O) groups is 1. The molecule has 0 aromatic heterocycles. The van der Waals surface area contributed by atoms with Gasteiger partial charge in [-0.05, 0) is 6.92 Å². The molecule has 0 atom stereocenters. The van der Waals surface area contributed by atoms with Crippen LogP contribution in [0.15, 0.2) is 12.2 Å². The van der Waals surface area contributed by atoms with Crippen LogP contribution in [0, 0.1) is 12.3 Å². The van der Waals surface area contributed by atoms with Gasteiger partial charge in [-0.15, -0.1) is 6.42 Å². The van der Waals surface area contributed by atoms with E-state index in [1.54, 1.807) is 6.92 Å². The summed E-state index contributed by atoms with van der Waals surface area (Å²) in [6.45, 7) is 6.19. The summed E-state index contributed by atoms with van der Waals surface area (Å²) in [6, 6.07) is 0. The molecule has 76 valence electrons. The molecule has 0 aliphatic carbocycles. The Hall–Kier alpha value is -1.27. The highest BCUT2D eigenvalue weighted by atomic mass is 16.6. The van der Waals surface area contributed by atoms with Crippen LogP contribution in [0.2, 0.25) is 0 Å². The SMILES string of the molecule is C#CC1(OC(=O)C(=C)C)CCOCC1. The van der Waals surface area contributed by atoms with Gasteiger partial charge >= 0.3 is 5.97 Å². The number of rotatable bonds is 2. The first-order chi connectivity index (χ1) is 6.59. The smallest absolute Gasteiger partial charge is 0.334 e. The summed E-state index contributed by atoms with van der Waals surface area (Å²) in [5.41, 5.74) is -0.417. The van der Waals surface area contributed by atoms with Crippen LogP contribution >= 0.6 is 0 Å². The van der Waals surface area contributed by atoms with E-state index < -0.39 is 11.6 Å². The summed E-state index contributed by atoms with van der Waals surface area (Å²) in [5.74, 6) is 2.11. The van der Waals surface area contributed by atoms with E-state index in [1.165, 1.54) is 0 Å². The van der Waals surface area contributed by atoms with Crippen molar-refractivity contribution >= 4 is 5.97 Å². The summed E-state index contributed by atoms with van der Waals surface area (Å²) in [6.07, 6.45) is 6.49. The molecule has 0 amide bonds. The van der Waals surface area contributed by atoms with Crippen molar-refractivity contribution in [3.8, 4) is 12.3 Å². The number of ether oxygens (including phenoxy) is 2. The first-order valence-electron chi connectivity index (χ1n) is 4.54. The summed E-state index contributed by atoms with van der Waals surface area (Å²) >= 11 is 0. The van der Waals surface area contributed by atoms with Crippen molar-refractivity contribution in [3.63, 3.8) is 0 Å². The fraction of sp³-hybridized carbons (Fsp3) is 0.545. The molecule has 0 N–H and O–H groups in total. The third kappa shape index (κ3) is 2.36. The minimum absolute atomic E-state index is 0.367. The van der Waals surface area contributed by atoms with E-state index in [9.17, 15) is 4.79 Å². The fourth-order valence-electron chi connectivity index (χ4n) is 1.24. The lowest BCUT2D eigenvalue weighted by atomic mass is 9.95. The normalized spacial score (nSPS) is 19.4. The molecule has 1 aliphatic heterocycles. The lowest BCUT2D eigenvalue weighted by molar-refractivity contribution is -0.155. The second-order valence-electron chi connectivity index (χ2n) is 3.42. The highest BCUT2D eigenvalue weighted by Gasteiger charge is 2.34. The Bertz CT molecular complexity index is 279. The molecular formula is C11H14O3. The zero-order valence-electron chi connectivity index (χ0n) is 8.34. The molecule has 0 spiro atoms. The van der Waals surface area contributed by atoms with Crippen LogP contribution in [-0.4, -0.2) is 24.8 Å². The van der Waals surface area contributed by atoms with E-state index >= 15 is 0 Å². The molecule has 0 unspecified atom stereocenters. The van der Waals surface area contributed by atoms with Crippen molar-refractivity contribution in [1.29, 1.82) is 0 Å². The maximum atomic E-state index is 11.3. The van der Waals surface area contributed by atoms with E-state index in [2.05, 4.69) is 12.5 Å². The molecule has 3 nitrogen and oxygen atoms in total. The molecule has 0 radical (unpaired) electrons. The zero-order chi connectivity index (χ0) is 10.6. The summed E-state index contributed by atoms with van der Waals surface area (Å²) in [7, 11) is 0. The minimum atomic E-state index is -0.783. The molecule has 0 aromatic rings. The molecule has 1 fully saturated rings. The van der Waals surface area contributed by atoms with Crippen molar-refractivity contribution in [2.75, 3.05) is 13.2 Å². The highest BCUT2D eigenvalue weighted by Crippen LogP contribution is 2.25.